The molecule has 0 N–H and O–H groups in total. The molecule has 2 heterocycles. The Morgan fingerprint density at radius 2 is 1.73 bits per heavy atom. The summed E-state index contributed by atoms with van der Waals surface area (Å²) in [4.78, 5) is 31.8. The van der Waals surface area contributed by atoms with E-state index in [9.17, 15) is 9.59 Å². The van der Waals surface area contributed by atoms with Crippen LogP contribution in [0.2, 0.25) is 0 Å². The van der Waals surface area contributed by atoms with E-state index in [0.717, 1.165) is 19.2 Å². The highest BCUT2D eigenvalue weighted by Gasteiger charge is 2.31. The van der Waals surface area contributed by atoms with Crippen molar-refractivity contribution in [3.63, 3.8) is 0 Å². The molecule has 0 amide bonds. The van der Waals surface area contributed by atoms with Crippen molar-refractivity contribution in [1.29, 1.82) is 0 Å². The number of hydrogen-bond acceptors (Lipinski definition) is 9. The standard InChI is InChI=1S/C33H30BrIN2O7S/c1-5-42-25-12-9-21(16-26(25)43-6-2)29-23(32(39)41-4)17-36-33-37(29)31(38)28(45-33)15-20-13-24(35)30(27(14-20)40-3)44-18-19-7-10-22(34)11-8-19/h7-17,29H,5-6,18H2,1-4H3/b28-15-/t29-/m0/s1. The van der Waals surface area contributed by atoms with E-state index in [1.165, 1.54) is 29.2 Å². The van der Waals surface area contributed by atoms with Crippen molar-refractivity contribution in [3.8, 4) is 23.0 Å². The smallest absolute Gasteiger partial charge is 0.337 e. The third kappa shape index (κ3) is 7.12. The molecule has 12 heteroatoms. The van der Waals surface area contributed by atoms with E-state index in [1.54, 1.807) is 25.3 Å². The molecule has 0 aliphatic carbocycles. The maximum Gasteiger partial charge on any atom is 0.337 e. The van der Waals surface area contributed by atoms with Crippen LogP contribution in [0.1, 0.15) is 36.6 Å². The molecule has 45 heavy (non-hydrogen) atoms. The monoisotopic (exact) mass is 804 g/mol. The Hall–Kier alpha value is -3.62. The van der Waals surface area contributed by atoms with Crippen molar-refractivity contribution in [1.82, 2.24) is 4.57 Å². The van der Waals surface area contributed by atoms with Gasteiger partial charge in [-0.25, -0.2) is 9.79 Å². The van der Waals surface area contributed by atoms with Gasteiger partial charge in [0.1, 0.15) is 6.61 Å². The maximum absolute atomic E-state index is 14.0. The van der Waals surface area contributed by atoms with E-state index >= 15 is 0 Å². The number of rotatable bonds is 11. The topological polar surface area (TPSA) is 97.6 Å². The lowest BCUT2D eigenvalue weighted by molar-refractivity contribution is -0.136. The fraction of sp³-hybridized carbons (Fsp3) is 0.242. The molecule has 0 spiro atoms. The molecule has 1 aliphatic rings. The number of halogens is 2. The highest BCUT2D eigenvalue weighted by atomic mass is 127. The second-order valence-electron chi connectivity index (χ2n) is 9.70. The van der Waals surface area contributed by atoms with Crippen molar-refractivity contribution in [2.45, 2.75) is 26.5 Å². The molecular weight excluding hydrogens is 775 g/mol. The van der Waals surface area contributed by atoms with Crippen LogP contribution in [0, 0.1) is 3.57 Å². The summed E-state index contributed by atoms with van der Waals surface area (Å²) in [5.41, 5.74) is 2.36. The summed E-state index contributed by atoms with van der Waals surface area (Å²) in [6, 6.07) is 16.3. The van der Waals surface area contributed by atoms with Crippen LogP contribution < -0.4 is 33.8 Å². The van der Waals surface area contributed by atoms with Crippen molar-refractivity contribution in [3.05, 3.63) is 111 Å². The summed E-state index contributed by atoms with van der Waals surface area (Å²) < 4.78 is 32.2. The number of carbonyl (C=O) groups is 1. The number of carbonyl (C=O) groups excluding carboxylic acids is 1. The van der Waals surface area contributed by atoms with Gasteiger partial charge in [0, 0.05) is 10.7 Å². The SMILES string of the molecule is CCOc1ccc([C@H]2C(C(=O)OC)=CN=c3s/c(=C\c4cc(I)c(OCc5ccc(Br)cc5)c(OC)c4)c(=O)n32)cc1OCC. The molecule has 3 aromatic carbocycles. The van der Waals surface area contributed by atoms with Crippen LogP contribution in [-0.4, -0.2) is 38.0 Å². The molecule has 0 saturated carbocycles. The van der Waals surface area contributed by atoms with E-state index < -0.39 is 12.0 Å². The summed E-state index contributed by atoms with van der Waals surface area (Å²) >= 11 is 6.88. The Kier molecular flexibility index (Phi) is 10.7. The lowest BCUT2D eigenvalue weighted by atomic mass is 9.97. The van der Waals surface area contributed by atoms with Crippen LogP contribution >= 0.6 is 49.9 Å². The highest BCUT2D eigenvalue weighted by molar-refractivity contribution is 14.1. The van der Waals surface area contributed by atoms with Gasteiger partial charge in [-0.3, -0.25) is 9.36 Å². The van der Waals surface area contributed by atoms with Gasteiger partial charge in [0.05, 0.1) is 47.2 Å². The lowest BCUT2D eigenvalue weighted by Crippen LogP contribution is -2.39. The third-order valence-corrected chi connectivity index (χ3v) is 9.18. The molecule has 0 radical (unpaired) electrons. The average Bonchev–Trinajstić information content (AvgIpc) is 3.35. The zero-order valence-corrected chi connectivity index (χ0v) is 29.5. The Morgan fingerprint density at radius 3 is 2.42 bits per heavy atom. The predicted octanol–water partition coefficient (Wildman–Crippen LogP) is 5.77. The molecule has 0 saturated heterocycles. The van der Waals surface area contributed by atoms with Gasteiger partial charge in [-0.15, -0.1) is 0 Å². The Labute approximate surface area is 286 Å². The molecule has 1 aliphatic heterocycles. The number of fused-ring (bicyclic) bond motifs is 1. The van der Waals surface area contributed by atoms with E-state index in [-0.39, 0.29) is 11.1 Å². The molecular formula is C33H30BrIN2O7S. The molecule has 0 unspecified atom stereocenters. The molecule has 1 atom stereocenters. The second kappa shape index (κ2) is 14.6. The number of nitrogens with zero attached hydrogens (tertiary/aromatic N) is 2. The number of benzene rings is 3. The Morgan fingerprint density at radius 1 is 1.00 bits per heavy atom. The van der Waals surface area contributed by atoms with Crippen LogP contribution in [0.4, 0.5) is 0 Å². The van der Waals surface area contributed by atoms with E-state index in [4.69, 9.17) is 23.7 Å². The summed E-state index contributed by atoms with van der Waals surface area (Å²) in [7, 11) is 2.88. The quantitative estimate of drug-likeness (QED) is 0.140. The second-order valence-corrected chi connectivity index (χ2v) is 12.8. The summed E-state index contributed by atoms with van der Waals surface area (Å²) in [5.74, 6) is 1.67. The van der Waals surface area contributed by atoms with Gasteiger partial charge in [-0.05, 0) is 95.6 Å². The summed E-state index contributed by atoms with van der Waals surface area (Å²) in [6.45, 7) is 5.02. The van der Waals surface area contributed by atoms with Gasteiger partial charge in [-0.2, -0.15) is 0 Å². The first-order valence-corrected chi connectivity index (χ1v) is 16.7. The van der Waals surface area contributed by atoms with Gasteiger partial charge < -0.3 is 23.7 Å². The number of esters is 1. The summed E-state index contributed by atoms with van der Waals surface area (Å²) in [5, 5.41) is 0. The Bertz CT molecular complexity index is 1940. The van der Waals surface area contributed by atoms with E-state index in [0.29, 0.717) is 57.7 Å². The molecule has 1 aromatic heterocycles. The van der Waals surface area contributed by atoms with Gasteiger partial charge in [0.15, 0.2) is 27.8 Å². The van der Waals surface area contributed by atoms with E-state index in [2.05, 4.69) is 43.5 Å². The highest BCUT2D eigenvalue weighted by Crippen LogP contribution is 2.36. The van der Waals surface area contributed by atoms with Crippen LogP contribution in [0.5, 0.6) is 23.0 Å². The van der Waals surface area contributed by atoms with Gasteiger partial charge in [0.25, 0.3) is 5.56 Å². The van der Waals surface area contributed by atoms with Crippen molar-refractivity contribution in [2.24, 2.45) is 4.99 Å². The number of ether oxygens (including phenoxy) is 5. The van der Waals surface area contributed by atoms with Gasteiger partial charge >= 0.3 is 5.97 Å². The van der Waals surface area contributed by atoms with Gasteiger partial charge in [-0.1, -0.05) is 45.5 Å². The number of methoxy groups -OCH3 is 2. The first-order chi connectivity index (χ1) is 21.8. The largest absolute Gasteiger partial charge is 0.493 e. The minimum Gasteiger partial charge on any atom is -0.493 e. The predicted molar refractivity (Wildman–Crippen MR) is 184 cm³/mol. The normalized spacial score (nSPS) is 14.2. The van der Waals surface area contributed by atoms with E-state index in [1.807, 2.05) is 56.3 Å². The third-order valence-electron chi connectivity index (χ3n) is 6.85. The number of hydrogen-bond donors (Lipinski definition) is 0. The molecule has 234 valence electrons. The number of aromatic nitrogens is 1. The van der Waals surface area contributed by atoms with Crippen molar-refractivity contribution >= 4 is 61.9 Å². The minimum atomic E-state index is -0.783. The molecule has 0 fully saturated rings. The zero-order valence-electron chi connectivity index (χ0n) is 25.0. The van der Waals surface area contributed by atoms with Crippen molar-refractivity contribution < 1.29 is 28.5 Å². The molecule has 9 nitrogen and oxygen atoms in total. The van der Waals surface area contributed by atoms with Crippen LogP contribution in [0.3, 0.4) is 0 Å². The first-order valence-electron chi connectivity index (χ1n) is 14.0. The number of thiazole rings is 1. The van der Waals surface area contributed by atoms with Crippen LogP contribution in [0.15, 0.2) is 80.6 Å². The van der Waals surface area contributed by atoms with Crippen molar-refractivity contribution in [2.75, 3.05) is 27.4 Å². The zero-order chi connectivity index (χ0) is 32.1. The first kappa shape index (κ1) is 32.8. The average molecular weight is 805 g/mol. The molecule has 0 bridgehead atoms. The summed E-state index contributed by atoms with van der Waals surface area (Å²) in [6.07, 6.45) is 3.25. The lowest BCUT2D eigenvalue weighted by Gasteiger charge is -2.23. The van der Waals surface area contributed by atoms with Gasteiger partial charge in [0.2, 0.25) is 0 Å². The fourth-order valence-corrected chi connectivity index (χ4v) is 6.85. The fourth-order valence-electron chi connectivity index (χ4n) is 4.84. The molecule has 4 aromatic rings. The maximum atomic E-state index is 14.0. The Balaban J connectivity index is 1.56. The molecule has 5 rings (SSSR count). The minimum absolute atomic E-state index is 0.228. The van der Waals surface area contributed by atoms with Crippen LogP contribution in [-0.2, 0) is 16.1 Å². The van der Waals surface area contributed by atoms with Crippen LogP contribution in [0.25, 0.3) is 6.08 Å².